The maximum Gasteiger partial charge on any atom is 0.259 e. The van der Waals surface area contributed by atoms with Crippen LogP contribution in [0.4, 0.5) is 11.4 Å². The SMILES string of the molecule is Cc1ccccc1N(C)C(=O)c1cc(NC(=O)C2C(c3cc(Cl)cc(Cl)c3)C2(Cl)Cl)ccc1Cl. The van der Waals surface area contributed by atoms with Crippen molar-refractivity contribution in [3.8, 4) is 0 Å². The summed E-state index contributed by atoms with van der Waals surface area (Å²) in [6, 6.07) is 17.2. The predicted octanol–water partition coefficient (Wildman–Crippen LogP) is 7.76. The molecule has 0 aromatic heterocycles. The summed E-state index contributed by atoms with van der Waals surface area (Å²) in [4.78, 5) is 27.7. The molecule has 1 aliphatic carbocycles. The number of alkyl halides is 2. The van der Waals surface area contributed by atoms with Gasteiger partial charge in [-0.15, -0.1) is 23.2 Å². The van der Waals surface area contributed by atoms with Crippen LogP contribution in [0.3, 0.4) is 0 Å². The molecular formula is C25H19Cl5N2O2. The molecule has 0 aliphatic heterocycles. The first-order chi connectivity index (χ1) is 16.0. The molecule has 0 spiro atoms. The molecule has 1 fully saturated rings. The Morgan fingerprint density at radius 3 is 2.24 bits per heavy atom. The smallest absolute Gasteiger partial charge is 0.259 e. The number of amides is 2. The summed E-state index contributed by atoms with van der Waals surface area (Å²) in [7, 11) is 1.67. The van der Waals surface area contributed by atoms with E-state index in [9.17, 15) is 9.59 Å². The van der Waals surface area contributed by atoms with E-state index in [1.165, 1.54) is 11.0 Å². The molecule has 0 heterocycles. The number of para-hydroxylation sites is 1. The molecule has 4 nitrogen and oxygen atoms in total. The summed E-state index contributed by atoms with van der Waals surface area (Å²) in [5.74, 6) is -1.90. The van der Waals surface area contributed by atoms with E-state index in [0.29, 0.717) is 21.3 Å². The van der Waals surface area contributed by atoms with Gasteiger partial charge in [-0.1, -0.05) is 53.0 Å². The van der Waals surface area contributed by atoms with Crippen LogP contribution in [-0.2, 0) is 4.79 Å². The highest BCUT2D eigenvalue weighted by molar-refractivity contribution is 6.53. The van der Waals surface area contributed by atoms with Gasteiger partial charge in [0.25, 0.3) is 5.91 Å². The highest BCUT2D eigenvalue weighted by Gasteiger charge is 2.67. The Balaban J connectivity index is 1.55. The van der Waals surface area contributed by atoms with Crippen molar-refractivity contribution in [1.29, 1.82) is 0 Å². The lowest BCUT2D eigenvalue weighted by molar-refractivity contribution is -0.117. The third-order valence-electron chi connectivity index (χ3n) is 5.83. The molecule has 3 aromatic carbocycles. The second kappa shape index (κ2) is 9.60. The number of hydrogen-bond donors (Lipinski definition) is 1. The number of benzene rings is 3. The lowest BCUT2D eigenvalue weighted by Crippen LogP contribution is -2.27. The van der Waals surface area contributed by atoms with Gasteiger partial charge in [0.05, 0.1) is 16.5 Å². The summed E-state index contributed by atoms with van der Waals surface area (Å²) >= 11 is 31.4. The second-order valence-corrected chi connectivity index (χ2v) is 10.9. The molecule has 2 atom stereocenters. The number of rotatable bonds is 5. The lowest BCUT2D eigenvalue weighted by Gasteiger charge is -2.20. The number of halogens is 5. The van der Waals surface area contributed by atoms with Gasteiger partial charge in [-0.2, -0.15) is 0 Å². The molecule has 1 aliphatic rings. The Kier molecular flexibility index (Phi) is 7.10. The van der Waals surface area contributed by atoms with E-state index in [1.54, 1.807) is 37.4 Å². The van der Waals surface area contributed by atoms with E-state index in [1.807, 2.05) is 31.2 Å². The zero-order valence-electron chi connectivity index (χ0n) is 18.1. The highest BCUT2D eigenvalue weighted by atomic mass is 35.5. The minimum absolute atomic E-state index is 0.252. The molecule has 1 saturated carbocycles. The van der Waals surface area contributed by atoms with Gasteiger partial charge < -0.3 is 10.2 Å². The first-order valence-electron chi connectivity index (χ1n) is 10.3. The number of aryl methyl sites for hydroxylation is 1. The molecule has 0 saturated heterocycles. The average molecular weight is 557 g/mol. The van der Waals surface area contributed by atoms with Crippen molar-refractivity contribution in [3.05, 3.63) is 92.4 Å². The predicted molar refractivity (Wildman–Crippen MR) is 141 cm³/mol. The fourth-order valence-electron chi connectivity index (χ4n) is 4.04. The van der Waals surface area contributed by atoms with Crippen LogP contribution in [0.5, 0.6) is 0 Å². The maximum atomic E-state index is 13.2. The van der Waals surface area contributed by atoms with Gasteiger partial charge in [-0.25, -0.2) is 0 Å². The minimum atomic E-state index is -1.31. The van der Waals surface area contributed by atoms with E-state index in [2.05, 4.69) is 5.32 Å². The largest absolute Gasteiger partial charge is 0.326 e. The van der Waals surface area contributed by atoms with Crippen molar-refractivity contribution in [2.24, 2.45) is 5.92 Å². The van der Waals surface area contributed by atoms with Crippen LogP contribution in [0.2, 0.25) is 15.1 Å². The summed E-state index contributed by atoms with van der Waals surface area (Å²) in [6.07, 6.45) is 0. The van der Waals surface area contributed by atoms with E-state index < -0.39 is 16.2 Å². The van der Waals surface area contributed by atoms with Gasteiger partial charge in [-0.3, -0.25) is 9.59 Å². The summed E-state index contributed by atoms with van der Waals surface area (Å²) in [5, 5.41) is 3.92. The van der Waals surface area contributed by atoms with Crippen LogP contribution in [0.25, 0.3) is 0 Å². The molecule has 9 heteroatoms. The third kappa shape index (κ3) is 4.89. The van der Waals surface area contributed by atoms with Gasteiger partial charge in [0, 0.05) is 34.4 Å². The van der Waals surface area contributed by atoms with Crippen LogP contribution in [0.15, 0.2) is 60.7 Å². The number of carbonyl (C=O) groups excluding carboxylic acids is 2. The molecule has 4 rings (SSSR count). The molecule has 2 amide bonds. The molecule has 0 radical (unpaired) electrons. The van der Waals surface area contributed by atoms with E-state index in [-0.39, 0.29) is 22.4 Å². The fraction of sp³-hybridized carbons (Fsp3) is 0.200. The molecule has 34 heavy (non-hydrogen) atoms. The maximum absolute atomic E-state index is 13.2. The summed E-state index contributed by atoms with van der Waals surface area (Å²) in [6.45, 7) is 1.92. The zero-order valence-corrected chi connectivity index (χ0v) is 21.9. The van der Waals surface area contributed by atoms with Gasteiger partial charge in [0.15, 0.2) is 0 Å². The van der Waals surface area contributed by atoms with Gasteiger partial charge in [0.2, 0.25) is 5.91 Å². The van der Waals surface area contributed by atoms with Crippen LogP contribution in [-0.4, -0.2) is 23.2 Å². The third-order valence-corrected chi connectivity index (χ3v) is 7.53. The number of hydrogen-bond acceptors (Lipinski definition) is 2. The number of carbonyl (C=O) groups is 2. The Bertz CT molecular complexity index is 1270. The number of nitrogens with one attached hydrogen (secondary N) is 1. The lowest BCUT2D eigenvalue weighted by atomic mass is 10.1. The Morgan fingerprint density at radius 1 is 0.941 bits per heavy atom. The number of anilines is 2. The normalized spacial score (nSPS) is 18.3. The molecule has 176 valence electrons. The topological polar surface area (TPSA) is 49.4 Å². The first kappa shape index (κ1) is 25.2. The monoisotopic (exact) mass is 554 g/mol. The van der Waals surface area contributed by atoms with Gasteiger partial charge in [-0.05, 0) is 60.5 Å². The van der Waals surface area contributed by atoms with Crippen LogP contribution in [0, 0.1) is 12.8 Å². The van der Waals surface area contributed by atoms with Crippen LogP contribution >= 0.6 is 58.0 Å². The van der Waals surface area contributed by atoms with Gasteiger partial charge in [0.1, 0.15) is 4.33 Å². The van der Waals surface area contributed by atoms with Crippen molar-refractivity contribution in [2.75, 3.05) is 17.3 Å². The average Bonchev–Trinajstić information content (AvgIpc) is 3.36. The van der Waals surface area contributed by atoms with Crippen molar-refractivity contribution >= 4 is 81.2 Å². The van der Waals surface area contributed by atoms with E-state index >= 15 is 0 Å². The van der Waals surface area contributed by atoms with E-state index in [4.69, 9.17) is 58.0 Å². The summed E-state index contributed by atoms with van der Waals surface area (Å²) < 4.78 is -1.31. The van der Waals surface area contributed by atoms with Crippen molar-refractivity contribution in [3.63, 3.8) is 0 Å². The zero-order chi connectivity index (χ0) is 24.8. The standard InChI is InChI=1S/C25H19Cl5N2O2/c1-13-5-3-4-6-20(13)32(2)24(34)18-12-17(7-8-19(18)28)31-23(33)22-21(25(22,29)30)14-9-15(26)11-16(27)10-14/h3-12,21-22H,1-2H3,(H,31,33). The molecule has 0 bridgehead atoms. The molecule has 2 unspecified atom stereocenters. The minimum Gasteiger partial charge on any atom is -0.326 e. The van der Waals surface area contributed by atoms with Crippen molar-refractivity contribution in [2.45, 2.75) is 17.2 Å². The quantitative estimate of drug-likeness (QED) is 0.327. The number of nitrogens with zero attached hydrogens (tertiary/aromatic N) is 1. The highest BCUT2D eigenvalue weighted by Crippen LogP contribution is 2.65. The Labute approximate surface area is 222 Å². The Hall–Kier alpha value is -1.95. The summed E-state index contributed by atoms with van der Waals surface area (Å²) in [5.41, 5.74) is 3.03. The van der Waals surface area contributed by atoms with Crippen LogP contribution < -0.4 is 10.2 Å². The molecule has 1 N–H and O–H groups in total. The first-order valence-corrected chi connectivity index (χ1v) is 12.2. The van der Waals surface area contributed by atoms with E-state index in [0.717, 1.165) is 11.3 Å². The Morgan fingerprint density at radius 2 is 1.59 bits per heavy atom. The van der Waals surface area contributed by atoms with Crippen LogP contribution in [0.1, 0.15) is 27.4 Å². The molecule has 3 aromatic rings. The van der Waals surface area contributed by atoms with Gasteiger partial charge >= 0.3 is 0 Å². The molecular weight excluding hydrogens is 538 g/mol. The fourth-order valence-corrected chi connectivity index (χ4v) is 5.61. The van der Waals surface area contributed by atoms with Crippen molar-refractivity contribution < 1.29 is 9.59 Å². The van der Waals surface area contributed by atoms with Crippen molar-refractivity contribution in [1.82, 2.24) is 0 Å². The second-order valence-electron chi connectivity index (χ2n) is 8.17.